The molecule has 4 nitrogen and oxygen atoms in total. The first-order valence-electron chi connectivity index (χ1n) is 8.15. The minimum atomic E-state index is -0.465. The Morgan fingerprint density at radius 2 is 1.21 bits per heavy atom. The molecule has 0 aliphatic carbocycles. The summed E-state index contributed by atoms with van der Waals surface area (Å²) >= 11 is 0. The molecule has 0 aromatic heterocycles. The molecule has 0 spiro atoms. The Morgan fingerprint density at radius 3 is 1.58 bits per heavy atom. The van der Waals surface area contributed by atoms with E-state index in [1.54, 1.807) is 0 Å². The van der Waals surface area contributed by atoms with E-state index in [9.17, 15) is 10.1 Å². The van der Waals surface area contributed by atoms with Crippen LogP contribution >= 0.6 is 0 Å². The number of nitroso groups, excluding NO2 is 1. The lowest BCUT2D eigenvalue weighted by molar-refractivity contribution is -0.540. The SMILES string of the molecule is CC(C)(C)N([O-])c1ccc(-c2ccc([N+](=O)C(C)(C)C)cc2)cc1. The number of benzene rings is 2. The minimum absolute atomic E-state index is 0.465. The summed E-state index contributed by atoms with van der Waals surface area (Å²) < 4.78 is 1.01. The van der Waals surface area contributed by atoms with E-state index in [0.29, 0.717) is 11.4 Å². The van der Waals surface area contributed by atoms with Crippen LogP contribution in [0.2, 0.25) is 0 Å². The fraction of sp³-hybridized carbons (Fsp3) is 0.400. The Labute approximate surface area is 144 Å². The summed E-state index contributed by atoms with van der Waals surface area (Å²) in [5.41, 5.74) is 2.38. The van der Waals surface area contributed by atoms with Gasteiger partial charge in [0.2, 0.25) is 5.54 Å². The Kier molecular flexibility index (Phi) is 4.81. The van der Waals surface area contributed by atoms with Crippen molar-refractivity contribution in [3.63, 3.8) is 0 Å². The van der Waals surface area contributed by atoms with Crippen LogP contribution in [0.15, 0.2) is 48.5 Å². The van der Waals surface area contributed by atoms with Gasteiger partial charge in [-0.15, -0.1) is 0 Å². The van der Waals surface area contributed by atoms with Crippen molar-refractivity contribution in [3.8, 4) is 11.1 Å². The third-order valence-electron chi connectivity index (χ3n) is 3.76. The monoisotopic (exact) mass is 326 g/mol. The second kappa shape index (κ2) is 6.36. The molecule has 0 atom stereocenters. The van der Waals surface area contributed by atoms with Crippen molar-refractivity contribution >= 4 is 11.4 Å². The van der Waals surface area contributed by atoms with Crippen LogP contribution in [-0.4, -0.2) is 15.8 Å². The number of hydroxylamine groups is 1. The summed E-state index contributed by atoms with van der Waals surface area (Å²) in [6.45, 7) is 11.3. The van der Waals surface area contributed by atoms with Gasteiger partial charge in [-0.05, 0) is 56.2 Å². The Balaban J connectivity index is 2.23. The molecule has 0 aliphatic rings. The molecular formula is C20H26N2O2. The molecule has 4 heteroatoms. The number of nitrogens with zero attached hydrogens (tertiary/aromatic N) is 2. The summed E-state index contributed by atoms with van der Waals surface area (Å²) in [6, 6.07) is 15.0. The summed E-state index contributed by atoms with van der Waals surface area (Å²) in [5, 5.41) is 13.2. The van der Waals surface area contributed by atoms with Crippen LogP contribution in [0.4, 0.5) is 11.4 Å². The van der Waals surface area contributed by atoms with Crippen molar-refractivity contribution in [2.24, 2.45) is 0 Å². The van der Waals surface area contributed by atoms with Gasteiger partial charge in [-0.2, -0.15) is 0 Å². The van der Waals surface area contributed by atoms with Crippen LogP contribution in [0.5, 0.6) is 0 Å². The molecule has 0 fully saturated rings. The smallest absolute Gasteiger partial charge is 0.256 e. The van der Waals surface area contributed by atoms with Gasteiger partial charge in [0.15, 0.2) is 0 Å². The van der Waals surface area contributed by atoms with Crippen molar-refractivity contribution in [2.45, 2.75) is 52.6 Å². The van der Waals surface area contributed by atoms with Gasteiger partial charge in [-0.1, -0.05) is 12.1 Å². The molecule has 0 bridgehead atoms. The topological polar surface area (TPSA) is 46.4 Å². The summed E-state index contributed by atoms with van der Waals surface area (Å²) in [7, 11) is 0. The lowest BCUT2D eigenvalue weighted by Gasteiger charge is -2.43. The van der Waals surface area contributed by atoms with Crippen molar-refractivity contribution in [2.75, 3.05) is 5.06 Å². The zero-order valence-electron chi connectivity index (χ0n) is 15.3. The van der Waals surface area contributed by atoms with Gasteiger partial charge in [0.05, 0.1) is 0 Å². The summed E-state index contributed by atoms with van der Waals surface area (Å²) in [5.74, 6) is 0. The third-order valence-corrected chi connectivity index (χ3v) is 3.76. The summed E-state index contributed by atoms with van der Waals surface area (Å²) in [6.07, 6.45) is 0. The number of rotatable bonds is 3. The maximum absolute atomic E-state index is 12.2. The molecule has 0 aliphatic heterocycles. The van der Waals surface area contributed by atoms with Crippen LogP contribution in [-0.2, 0) is 0 Å². The van der Waals surface area contributed by atoms with E-state index in [1.165, 1.54) is 0 Å². The largest absolute Gasteiger partial charge is 0.758 e. The zero-order chi connectivity index (χ0) is 18.1. The standard InChI is InChI=1S/C20H26N2O2/c1-19(2,3)21(23)17-11-7-15(8-12-17)16-9-13-18(14-10-16)22(24)20(4,5)6/h7-14H,1-6H3. The molecule has 0 heterocycles. The normalized spacial score (nSPS) is 12.1. The van der Waals surface area contributed by atoms with Crippen molar-refractivity contribution in [1.82, 2.24) is 0 Å². The first-order chi connectivity index (χ1) is 11.0. The predicted octanol–water partition coefficient (Wildman–Crippen LogP) is 5.67. The van der Waals surface area contributed by atoms with Crippen molar-refractivity contribution in [1.29, 1.82) is 0 Å². The molecule has 0 saturated heterocycles. The number of hydrogen-bond donors (Lipinski definition) is 0. The molecule has 0 amide bonds. The van der Waals surface area contributed by atoms with E-state index < -0.39 is 11.1 Å². The molecule has 2 aromatic rings. The molecule has 0 saturated carbocycles. The molecule has 128 valence electrons. The van der Waals surface area contributed by atoms with Gasteiger partial charge in [0.1, 0.15) is 0 Å². The van der Waals surface area contributed by atoms with E-state index >= 15 is 0 Å². The quantitative estimate of drug-likeness (QED) is 0.539. The average Bonchev–Trinajstić information content (AvgIpc) is 2.52. The first-order valence-corrected chi connectivity index (χ1v) is 8.15. The van der Waals surface area contributed by atoms with Gasteiger partial charge in [-0.3, -0.25) is 0 Å². The molecular weight excluding hydrogens is 300 g/mol. The lowest BCUT2D eigenvalue weighted by atomic mass is 10.0. The zero-order valence-corrected chi connectivity index (χ0v) is 15.3. The van der Waals surface area contributed by atoms with Crippen LogP contribution < -0.4 is 5.06 Å². The van der Waals surface area contributed by atoms with Crippen molar-refractivity contribution < 1.29 is 4.76 Å². The van der Waals surface area contributed by atoms with E-state index in [2.05, 4.69) is 0 Å². The van der Waals surface area contributed by atoms with Crippen molar-refractivity contribution in [3.05, 3.63) is 58.6 Å². The van der Waals surface area contributed by atoms with Gasteiger partial charge >= 0.3 is 0 Å². The highest BCUT2D eigenvalue weighted by Gasteiger charge is 2.30. The first kappa shape index (κ1) is 18.1. The fourth-order valence-corrected chi connectivity index (χ4v) is 2.35. The van der Waals surface area contributed by atoms with E-state index in [-0.39, 0.29) is 0 Å². The highest BCUT2D eigenvalue weighted by atomic mass is 16.5. The van der Waals surface area contributed by atoms with Gasteiger partial charge < -0.3 is 10.3 Å². The fourth-order valence-electron chi connectivity index (χ4n) is 2.35. The van der Waals surface area contributed by atoms with E-state index in [1.807, 2.05) is 90.1 Å². The van der Waals surface area contributed by atoms with Gasteiger partial charge in [-0.25, -0.2) is 0 Å². The number of anilines is 1. The Bertz CT molecular complexity index is 705. The maximum Gasteiger partial charge on any atom is 0.256 e. The highest BCUT2D eigenvalue weighted by Crippen LogP contribution is 2.28. The Hall–Kier alpha value is -2.20. The second-order valence-electron chi connectivity index (χ2n) is 8.02. The van der Waals surface area contributed by atoms with Crippen LogP contribution in [0.25, 0.3) is 11.1 Å². The number of hydrogen-bond acceptors (Lipinski definition) is 3. The third kappa shape index (κ3) is 4.01. The molecule has 0 unspecified atom stereocenters. The van der Waals surface area contributed by atoms with Crippen LogP contribution in [0.1, 0.15) is 41.5 Å². The van der Waals surface area contributed by atoms with Crippen LogP contribution in [0, 0.1) is 10.1 Å². The molecule has 0 radical (unpaired) electrons. The second-order valence-corrected chi connectivity index (χ2v) is 8.02. The lowest BCUT2D eigenvalue weighted by Crippen LogP contribution is -2.36. The van der Waals surface area contributed by atoms with E-state index in [4.69, 9.17) is 0 Å². The van der Waals surface area contributed by atoms with Gasteiger partial charge in [0.25, 0.3) is 5.69 Å². The van der Waals surface area contributed by atoms with E-state index in [0.717, 1.165) is 21.0 Å². The molecule has 2 aromatic carbocycles. The molecule has 24 heavy (non-hydrogen) atoms. The molecule has 2 rings (SSSR count). The van der Waals surface area contributed by atoms with Crippen LogP contribution in [0.3, 0.4) is 0 Å². The predicted molar refractivity (Wildman–Crippen MR) is 101 cm³/mol. The highest BCUT2D eigenvalue weighted by molar-refractivity contribution is 5.67. The Morgan fingerprint density at radius 1 is 0.792 bits per heavy atom. The molecule has 0 N–H and O–H groups in total. The van der Waals surface area contributed by atoms with Gasteiger partial charge in [0, 0.05) is 53.8 Å². The summed E-state index contributed by atoms with van der Waals surface area (Å²) in [4.78, 5) is 12.2. The maximum atomic E-state index is 12.2. The average molecular weight is 326 g/mol. The minimum Gasteiger partial charge on any atom is -0.758 e.